The topological polar surface area (TPSA) is 72.2 Å². The van der Waals surface area contributed by atoms with Crippen LogP contribution in [0, 0.1) is 26.9 Å². The molecule has 2 bridgehead atoms. The zero-order valence-electron chi connectivity index (χ0n) is 14.4. The first-order valence-electron chi connectivity index (χ1n) is 8.47. The molecule has 5 nitrogen and oxygen atoms in total. The summed E-state index contributed by atoms with van der Waals surface area (Å²) < 4.78 is 0. The molecule has 0 heterocycles. The van der Waals surface area contributed by atoms with Crippen LogP contribution in [0.1, 0.15) is 45.6 Å². The Morgan fingerprint density at radius 1 is 1.29 bits per heavy atom. The van der Waals surface area contributed by atoms with Gasteiger partial charge in [-0.2, -0.15) is 0 Å². The number of carbonyl (C=O) groups excluding carboxylic acids is 1. The van der Waals surface area contributed by atoms with E-state index in [4.69, 9.17) is 0 Å². The van der Waals surface area contributed by atoms with Crippen molar-refractivity contribution in [3.63, 3.8) is 0 Å². The highest BCUT2D eigenvalue weighted by atomic mass is 16.6. The minimum absolute atomic E-state index is 0.0498. The number of nitro benzene ring substituents is 1. The third kappa shape index (κ3) is 2.62. The minimum Gasteiger partial charge on any atom is -0.349 e. The van der Waals surface area contributed by atoms with Gasteiger partial charge in [0.15, 0.2) is 0 Å². The summed E-state index contributed by atoms with van der Waals surface area (Å²) >= 11 is 0. The fourth-order valence-electron chi connectivity index (χ4n) is 4.52. The van der Waals surface area contributed by atoms with Crippen LogP contribution < -0.4 is 5.32 Å². The molecule has 2 fully saturated rings. The molecule has 0 saturated heterocycles. The van der Waals surface area contributed by atoms with E-state index < -0.39 is 4.92 Å². The van der Waals surface area contributed by atoms with E-state index >= 15 is 0 Å². The molecule has 1 aromatic carbocycles. The lowest BCUT2D eigenvalue weighted by atomic mass is 9.69. The Hall–Kier alpha value is -2.17. The molecule has 3 rings (SSSR count). The first-order valence-corrected chi connectivity index (χ1v) is 8.47. The number of nitrogens with zero attached hydrogens (tertiary/aromatic N) is 1. The van der Waals surface area contributed by atoms with E-state index in [1.54, 1.807) is 18.2 Å². The second-order valence-electron chi connectivity index (χ2n) is 7.85. The van der Waals surface area contributed by atoms with Crippen molar-refractivity contribution in [2.24, 2.45) is 16.7 Å². The van der Waals surface area contributed by atoms with Gasteiger partial charge in [0.25, 0.3) is 5.69 Å². The van der Waals surface area contributed by atoms with Crippen LogP contribution in [-0.4, -0.2) is 16.9 Å². The molecular weight excluding hydrogens is 304 g/mol. The van der Waals surface area contributed by atoms with Crippen molar-refractivity contribution >= 4 is 17.7 Å². The minimum atomic E-state index is -0.433. The summed E-state index contributed by atoms with van der Waals surface area (Å²) in [6.45, 7) is 6.94. The van der Waals surface area contributed by atoms with Crippen molar-refractivity contribution in [3.05, 3.63) is 46.0 Å². The van der Waals surface area contributed by atoms with Gasteiger partial charge in [0.05, 0.1) is 4.92 Å². The van der Waals surface area contributed by atoms with E-state index in [9.17, 15) is 14.9 Å². The summed E-state index contributed by atoms with van der Waals surface area (Å²) in [6, 6.07) is 6.39. The quantitative estimate of drug-likeness (QED) is 0.517. The van der Waals surface area contributed by atoms with Crippen molar-refractivity contribution in [3.8, 4) is 0 Å². The maximum atomic E-state index is 12.3. The highest BCUT2D eigenvalue weighted by molar-refractivity contribution is 5.92. The van der Waals surface area contributed by atoms with Gasteiger partial charge in [-0.3, -0.25) is 14.9 Å². The Balaban J connectivity index is 1.63. The number of fused-ring (bicyclic) bond motifs is 2. The smallest absolute Gasteiger partial charge is 0.269 e. The zero-order chi connectivity index (χ0) is 17.5. The van der Waals surface area contributed by atoms with E-state index in [0.29, 0.717) is 5.92 Å². The predicted octanol–water partition coefficient (Wildman–Crippen LogP) is 3.94. The molecule has 0 aliphatic heterocycles. The van der Waals surface area contributed by atoms with Crippen molar-refractivity contribution in [2.75, 3.05) is 0 Å². The first-order chi connectivity index (χ1) is 11.2. The van der Waals surface area contributed by atoms with Crippen LogP contribution >= 0.6 is 0 Å². The van der Waals surface area contributed by atoms with Gasteiger partial charge in [-0.15, -0.1) is 0 Å². The summed E-state index contributed by atoms with van der Waals surface area (Å²) in [5.74, 6) is 0.592. The zero-order valence-corrected chi connectivity index (χ0v) is 14.4. The number of nitro groups is 1. The third-order valence-corrected chi connectivity index (χ3v) is 6.64. The van der Waals surface area contributed by atoms with E-state index in [1.165, 1.54) is 31.1 Å². The Morgan fingerprint density at radius 2 is 1.96 bits per heavy atom. The standard InChI is InChI=1S/C19H24N2O3/c1-18(2)14-10-11-19(18,3)16(12-14)20-17(22)9-6-13-4-7-15(8-5-13)21(23)24/h4-9,14,16H,10-12H2,1-3H3,(H,20,22)/b9-6+. The van der Waals surface area contributed by atoms with E-state index in [2.05, 4.69) is 26.1 Å². The van der Waals surface area contributed by atoms with Gasteiger partial charge in [-0.1, -0.05) is 20.8 Å². The summed E-state index contributed by atoms with van der Waals surface area (Å²) in [5, 5.41) is 13.8. The molecular formula is C19H24N2O3. The fourth-order valence-corrected chi connectivity index (χ4v) is 4.52. The Morgan fingerprint density at radius 3 is 2.46 bits per heavy atom. The predicted molar refractivity (Wildman–Crippen MR) is 93.3 cm³/mol. The Kier molecular flexibility index (Phi) is 3.98. The van der Waals surface area contributed by atoms with Crippen LogP contribution in [0.25, 0.3) is 6.08 Å². The maximum absolute atomic E-state index is 12.3. The summed E-state index contributed by atoms with van der Waals surface area (Å²) in [4.78, 5) is 22.5. The molecule has 2 aliphatic carbocycles. The van der Waals surface area contributed by atoms with Crippen LogP contribution in [0.4, 0.5) is 5.69 Å². The second-order valence-corrected chi connectivity index (χ2v) is 7.85. The first kappa shape index (κ1) is 16.7. The molecule has 2 aliphatic rings. The van der Waals surface area contributed by atoms with Gasteiger partial charge >= 0.3 is 0 Å². The number of amides is 1. The lowest BCUT2D eigenvalue weighted by Gasteiger charge is -2.39. The molecule has 1 N–H and O–H groups in total. The molecule has 5 heteroatoms. The largest absolute Gasteiger partial charge is 0.349 e. The second kappa shape index (κ2) is 5.72. The molecule has 128 valence electrons. The maximum Gasteiger partial charge on any atom is 0.269 e. The van der Waals surface area contributed by atoms with E-state index in [-0.39, 0.29) is 28.5 Å². The van der Waals surface area contributed by atoms with Gasteiger partial charge in [0.1, 0.15) is 0 Å². The summed E-state index contributed by atoms with van der Waals surface area (Å²) in [7, 11) is 0. The highest BCUT2D eigenvalue weighted by Gasteiger charge is 2.61. The van der Waals surface area contributed by atoms with Crippen LogP contribution in [0.3, 0.4) is 0 Å². The summed E-state index contributed by atoms with van der Waals surface area (Å²) in [6.07, 6.45) is 6.69. The van der Waals surface area contributed by atoms with Gasteiger partial charge in [-0.05, 0) is 59.8 Å². The molecule has 0 spiro atoms. The van der Waals surface area contributed by atoms with Crippen molar-refractivity contribution < 1.29 is 9.72 Å². The van der Waals surface area contributed by atoms with Gasteiger partial charge in [0, 0.05) is 24.3 Å². The lowest BCUT2D eigenvalue weighted by Crippen LogP contribution is -2.46. The molecule has 1 amide bonds. The average molecular weight is 328 g/mol. The molecule has 24 heavy (non-hydrogen) atoms. The average Bonchev–Trinajstić information content (AvgIpc) is 2.86. The number of rotatable bonds is 4. The van der Waals surface area contributed by atoms with E-state index in [0.717, 1.165) is 12.0 Å². The van der Waals surface area contributed by atoms with Crippen LogP contribution in [0.15, 0.2) is 30.3 Å². The number of non-ortho nitro benzene ring substituents is 1. The fraction of sp³-hybridized carbons (Fsp3) is 0.526. The van der Waals surface area contributed by atoms with Crippen LogP contribution in [-0.2, 0) is 4.79 Å². The number of hydrogen-bond acceptors (Lipinski definition) is 3. The highest BCUT2D eigenvalue weighted by Crippen LogP contribution is 2.65. The van der Waals surface area contributed by atoms with E-state index in [1.807, 2.05) is 0 Å². The van der Waals surface area contributed by atoms with Gasteiger partial charge in [0.2, 0.25) is 5.91 Å². The van der Waals surface area contributed by atoms with Crippen LogP contribution in [0.2, 0.25) is 0 Å². The molecule has 3 unspecified atom stereocenters. The molecule has 3 atom stereocenters. The molecule has 0 radical (unpaired) electrons. The van der Waals surface area contributed by atoms with Crippen molar-refractivity contribution in [1.82, 2.24) is 5.32 Å². The lowest BCUT2D eigenvalue weighted by molar-refractivity contribution is -0.384. The van der Waals surface area contributed by atoms with Crippen molar-refractivity contribution in [2.45, 2.75) is 46.1 Å². The van der Waals surface area contributed by atoms with Gasteiger partial charge in [-0.25, -0.2) is 0 Å². The molecule has 0 aromatic heterocycles. The third-order valence-electron chi connectivity index (χ3n) is 6.64. The number of benzene rings is 1. The van der Waals surface area contributed by atoms with Gasteiger partial charge < -0.3 is 5.32 Å². The monoisotopic (exact) mass is 328 g/mol. The Bertz CT molecular complexity index is 693. The molecule has 1 aromatic rings. The van der Waals surface area contributed by atoms with Crippen LogP contribution in [0.5, 0.6) is 0 Å². The Labute approximate surface area is 142 Å². The number of nitrogens with one attached hydrogen (secondary N) is 1. The summed E-state index contributed by atoms with van der Waals surface area (Å²) in [5.41, 5.74) is 1.26. The molecule has 2 saturated carbocycles. The number of hydrogen-bond donors (Lipinski definition) is 1. The normalized spacial score (nSPS) is 30.6. The number of carbonyl (C=O) groups is 1. The van der Waals surface area contributed by atoms with Crippen molar-refractivity contribution in [1.29, 1.82) is 0 Å². The SMILES string of the molecule is CC1(C)C2CCC1(C)C(NC(=O)/C=C/c1ccc([N+](=O)[O-])cc1)C2.